The molecule has 0 bridgehead atoms. The molecule has 0 aliphatic rings. The normalized spacial score (nSPS) is 11.9. The summed E-state index contributed by atoms with van der Waals surface area (Å²) in [7, 11) is -3.69. The molecule has 0 amide bonds. The van der Waals surface area contributed by atoms with Crippen molar-refractivity contribution in [1.82, 2.24) is 0 Å². The van der Waals surface area contributed by atoms with Crippen LogP contribution in [0.1, 0.15) is 27.7 Å². The molecular formula is C12H18NO5P. The zero-order valence-corrected chi connectivity index (χ0v) is 12.3. The SMILES string of the molecule is CC(C)OP(=O)(Oc1ccc(N=O)cc1)OC(C)C. The second-order valence-electron chi connectivity index (χ2n) is 4.43. The van der Waals surface area contributed by atoms with Crippen LogP contribution in [0.4, 0.5) is 5.69 Å². The van der Waals surface area contributed by atoms with Crippen molar-refractivity contribution in [2.45, 2.75) is 39.9 Å². The minimum Gasteiger partial charge on any atom is -0.404 e. The number of hydrogen-bond acceptors (Lipinski definition) is 6. The molecule has 19 heavy (non-hydrogen) atoms. The first kappa shape index (κ1) is 15.8. The number of nitrogens with zero attached hydrogens (tertiary/aromatic N) is 1. The van der Waals surface area contributed by atoms with Crippen LogP contribution in [-0.4, -0.2) is 12.2 Å². The van der Waals surface area contributed by atoms with Crippen molar-refractivity contribution >= 4 is 13.5 Å². The van der Waals surface area contributed by atoms with Crippen molar-refractivity contribution in [3.05, 3.63) is 29.2 Å². The van der Waals surface area contributed by atoms with E-state index in [1.165, 1.54) is 24.3 Å². The van der Waals surface area contributed by atoms with E-state index in [1.807, 2.05) is 0 Å². The lowest BCUT2D eigenvalue weighted by molar-refractivity contribution is 0.103. The van der Waals surface area contributed by atoms with Crippen molar-refractivity contribution in [3.8, 4) is 5.75 Å². The monoisotopic (exact) mass is 287 g/mol. The Morgan fingerprint density at radius 1 is 1.00 bits per heavy atom. The van der Waals surface area contributed by atoms with Gasteiger partial charge in [0.05, 0.1) is 12.2 Å². The van der Waals surface area contributed by atoms with E-state index < -0.39 is 7.82 Å². The van der Waals surface area contributed by atoms with Gasteiger partial charge in [-0.1, -0.05) is 0 Å². The minimum absolute atomic E-state index is 0.261. The highest BCUT2D eigenvalue weighted by atomic mass is 31.2. The maximum atomic E-state index is 12.4. The maximum absolute atomic E-state index is 12.4. The molecule has 0 aromatic heterocycles. The molecule has 6 nitrogen and oxygen atoms in total. The van der Waals surface area contributed by atoms with E-state index in [2.05, 4.69) is 5.18 Å². The fraction of sp³-hybridized carbons (Fsp3) is 0.500. The highest BCUT2D eigenvalue weighted by molar-refractivity contribution is 7.49. The topological polar surface area (TPSA) is 74.2 Å². The Bertz CT molecular complexity index is 444. The van der Waals surface area contributed by atoms with Gasteiger partial charge >= 0.3 is 7.82 Å². The number of benzene rings is 1. The van der Waals surface area contributed by atoms with Crippen LogP contribution in [-0.2, 0) is 13.6 Å². The zero-order chi connectivity index (χ0) is 14.5. The van der Waals surface area contributed by atoms with Crippen LogP contribution in [0.15, 0.2) is 29.4 Å². The Hall–Kier alpha value is -1.23. The molecule has 0 atom stereocenters. The average Bonchev–Trinajstić information content (AvgIpc) is 2.27. The fourth-order valence-corrected chi connectivity index (χ4v) is 2.83. The highest BCUT2D eigenvalue weighted by Crippen LogP contribution is 2.51. The summed E-state index contributed by atoms with van der Waals surface area (Å²) >= 11 is 0. The molecule has 1 aromatic rings. The fourth-order valence-electron chi connectivity index (χ4n) is 1.28. The Morgan fingerprint density at radius 3 is 1.84 bits per heavy atom. The molecule has 0 aliphatic heterocycles. The van der Waals surface area contributed by atoms with Gasteiger partial charge in [0.15, 0.2) is 0 Å². The lowest BCUT2D eigenvalue weighted by Crippen LogP contribution is -2.11. The molecule has 0 unspecified atom stereocenters. The lowest BCUT2D eigenvalue weighted by Gasteiger charge is -2.22. The summed E-state index contributed by atoms with van der Waals surface area (Å²) in [6, 6.07) is 5.88. The van der Waals surface area contributed by atoms with Crippen molar-refractivity contribution in [1.29, 1.82) is 0 Å². The number of rotatable bonds is 7. The molecule has 0 N–H and O–H groups in total. The number of phosphoric acid groups is 1. The van der Waals surface area contributed by atoms with Gasteiger partial charge in [0.1, 0.15) is 11.4 Å². The van der Waals surface area contributed by atoms with E-state index in [1.54, 1.807) is 27.7 Å². The molecule has 1 aromatic carbocycles. The smallest absolute Gasteiger partial charge is 0.404 e. The molecule has 0 aliphatic carbocycles. The van der Waals surface area contributed by atoms with Gasteiger partial charge in [-0.3, -0.25) is 9.05 Å². The summed E-state index contributed by atoms with van der Waals surface area (Å²) in [5.74, 6) is 0.289. The minimum atomic E-state index is -3.69. The van der Waals surface area contributed by atoms with Crippen molar-refractivity contribution in [2.75, 3.05) is 0 Å². The summed E-state index contributed by atoms with van der Waals surface area (Å²) in [4.78, 5) is 10.3. The quantitative estimate of drug-likeness (QED) is 0.548. The van der Waals surface area contributed by atoms with Gasteiger partial charge in [0, 0.05) is 0 Å². The van der Waals surface area contributed by atoms with E-state index in [0.29, 0.717) is 0 Å². The summed E-state index contributed by atoms with van der Waals surface area (Å²) in [6.07, 6.45) is -0.610. The third kappa shape index (κ3) is 5.51. The molecule has 0 radical (unpaired) electrons. The van der Waals surface area contributed by atoms with E-state index in [-0.39, 0.29) is 23.6 Å². The predicted molar refractivity (Wildman–Crippen MR) is 72.6 cm³/mol. The van der Waals surface area contributed by atoms with Crippen LogP contribution in [0.3, 0.4) is 0 Å². The van der Waals surface area contributed by atoms with Crippen LogP contribution < -0.4 is 4.52 Å². The second-order valence-corrected chi connectivity index (χ2v) is 5.93. The van der Waals surface area contributed by atoms with E-state index >= 15 is 0 Å². The van der Waals surface area contributed by atoms with Gasteiger partial charge in [0.2, 0.25) is 0 Å². The summed E-state index contributed by atoms with van der Waals surface area (Å²) in [5.41, 5.74) is 0.261. The average molecular weight is 287 g/mol. The first-order valence-corrected chi connectivity index (χ1v) is 7.40. The van der Waals surface area contributed by atoms with Crippen molar-refractivity contribution < 1.29 is 18.1 Å². The zero-order valence-electron chi connectivity index (χ0n) is 11.4. The molecule has 7 heteroatoms. The molecule has 0 saturated carbocycles. The summed E-state index contributed by atoms with van der Waals surface area (Å²) in [6.45, 7) is 6.94. The Labute approximate surface area is 112 Å². The molecule has 106 valence electrons. The van der Waals surface area contributed by atoms with Crippen LogP contribution in [0.25, 0.3) is 0 Å². The Balaban J connectivity index is 2.86. The summed E-state index contributed by atoms with van der Waals surface area (Å²) in [5, 5.41) is 2.77. The van der Waals surface area contributed by atoms with E-state index in [0.717, 1.165) is 0 Å². The molecule has 0 saturated heterocycles. The largest absolute Gasteiger partial charge is 0.530 e. The molecule has 0 fully saturated rings. The lowest BCUT2D eigenvalue weighted by atomic mass is 10.3. The number of hydrogen-bond donors (Lipinski definition) is 0. The Kier molecular flexibility index (Phi) is 5.66. The number of nitroso groups, excluding NO2 is 1. The number of phosphoric ester groups is 1. The van der Waals surface area contributed by atoms with Gasteiger partial charge in [-0.2, -0.15) is 0 Å². The van der Waals surface area contributed by atoms with Gasteiger partial charge in [0.25, 0.3) is 0 Å². The molecular weight excluding hydrogens is 269 g/mol. The highest BCUT2D eigenvalue weighted by Gasteiger charge is 2.31. The maximum Gasteiger partial charge on any atom is 0.530 e. The summed E-state index contributed by atoms with van der Waals surface area (Å²) < 4.78 is 28.2. The predicted octanol–water partition coefficient (Wildman–Crippen LogP) is 4.42. The van der Waals surface area contributed by atoms with Gasteiger partial charge in [-0.15, -0.1) is 4.91 Å². The van der Waals surface area contributed by atoms with Crippen molar-refractivity contribution in [2.24, 2.45) is 5.18 Å². The molecule has 0 spiro atoms. The van der Waals surface area contributed by atoms with Crippen LogP contribution in [0.2, 0.25) is 0 Å². The molecule has 0 heterocycles. The van der Waals surface area contributed by atoms with Gasteiger partial charge < -0.3 is 4.52 Å². The third-order valence-electron chi connectivity index (χ3n) is 1.84. The third-order valence-corrected chi connectivity index (χ3v) is 3.63. The Morgan fingerprint density at radius 2 is 1.47 bits per heavy atom. The second kappa shape index (κ2) is 6.80. The first-order valence-electron chi connectivity index (χ1n) is 5.94. The van der Waals surface area contributed by atoms with E-state index in [9.17, 15) is 9.47 Å². The van der Waals surface area contributed by atoms with Gasteiger partial charge in [-0.05, 0) is 57.1 Å². The van der Waals surface area contributed by atoms with Crippen LogP contribution in [0.5, 0.6) is 5.75 Å². The first-order chi connectivity index (χ1) is 8.84. The van der Waals surface area contributed by atoms with Crippen LogP contribution >= 0.6 is 7.82 Å². The van der Waals surface area contributed by atoms with Gasteiger partial charge in [-0.25, -0.2) is 4.57 Å². The molecule has 1 rings (SSSR count). The van der Waals surface area contributed by atoms with Crippen LogP contribution in [0, 0.1) is 4.91 Å². The standard InChI is InChI=1S/C12H18NO5P/c1-9(2)16-19(15,17-10(3)4)18-12-7-5-11(13-14)6-8-12/h5-10H,1-4H3. The van der Waals surface area contributed by atoms with Crippen molar-refractivity contribution in [3.63, 3.8) is 0 Å². The van der Waals surface area contributed by atoms with E-state index in [4.69, 9.17) is 13.6 Å².